The lowest BCUT2D eigenvalue weighted by Crippen LogP contribution is -2.48. The lowest BCUT2D eigenvalue weighted by atomic mass is 9.82. The number of aromatic nitrogens is 3. The molecule has 29 heteroatoms. The van der Waals surface area contributed by atoms with Crippen molar-refractivity contribution in [1.29, 1.82) is 0 Å². The monoisotopic (exact) mass is 1270 g/mol. The van der Waals surface area contributed by atoms with E-state index in [0.717, 1.165) is 29.3 Å². The first-order chi connectivity index (χ1) is 38.2. The number of sulfone groups is 1. The smallest absolute Gasteiger partial charge is 0.416 e. The number of aliphatic hydroxyl groups is 1. The zero-order valence-corrected chi connectivity index (χ0v) is 51.1. The van der Waals surface area contributed by atoms with E-state index in [9.17, 15) is 55.8 Å². The minimum atomic E-state index is -4.76. The molecule has 2 aliphatic rings. The molecule has 6 rings (SSSR count). The second-order valence-electron chi connectivity index (χ2n) is 18.3. The number of carboxylic acid groups (broad SMARTS) is 1. The van der Waals surface area contributed by atoms with Crippen molar-refractivity contribution in [3.8, 4) is 5.88 Å². The number of ketones is 2. The molecular weight excluding hydrogens is 1210 g/mol. The fourth-order valence-electron chi connectivity index (χ4n) is 8.20. The predicted molar refractivity (Wildman–Crippen MR) is 309 cm³/mol. The summed E-state index contributed by atoms with van der Waals surface area (Å²) in [6, 6.07) is 7.91. The third-order valence-electron chi connectivity index (χ3n) is 11.8. The van der Waals surface area contributed by atoms with Crippen LogP contribution in [0.25, 0.3) is 0 Å². The molecule has 0 fully saturated rings. The normalized spacial score (nSPS) is 16.6. The van der Waals surface area contributed by atoms with E-state index in [0.29, 0.717) is 76.5 Å². The molecule has 5 N–H and O–H groups in total. The Morgan fingerprint density at radius 3 is 2.13 bits per heavy atom. The number of benzene rings is 2. The second kappa shape index (κ2) is 31.0. The van der Waals surface area contributed by atoms with Gasteiger partial charge in [0.25, 0.3) is 0 Å². The Hall–Kier alpha value is -6.12. The van der Waals surface area contributed by atoms with Crippen LogP contribution in [0.2, 0.25) is 20.2 Å². The van der Waals surface area contributed by atoms with Crippen molar-refractivity contribution in [3.05, 3.63) is 102 Å². The van der Waals surface area contributed by atoms with Gasteiger partial charge in [-0.15, -0.1) is 0 Å². The highest BCUT2D eigenvalue weighted by Crippen LogP contribution is 2.40. The fourth-order valence-corrected chi connectivity index (χ4v) is 10.9. The van der Waals surface area contributed by atoms with Gasteiger partial charge in [0.1, 0.15) is 28.8 Å². The third-order valence-corrected chi connectivity index (χ3v) is 15.2. The Labute approximate surface area is 497 Å². The zero-order chi connectivity index (χ0) is 62.2. The molecule has 82 heavy (non-hydrogen) atoms. The molecule has 3 heterocycles. The lowest BCUT2D eigenvalue weighted by Gasteiger charge is -2.32. The molecule has 20 nitrogen and oxygen atoms in total. The van der Waals surface area contributed by atoms with E-state index in [1.165, 1.54) is 25.0 Å². The molecule has 2 aromatic carbocycles. The van der Waals surface area contributed by atoms with Gasteiger partial charge in [0.2, 0.25) is 11.7 Å². The summed E-state index contributed by atoms with van der Waals surface area (Å²) in [6.07, 6.45) is -0.436. The highest BCUT2D eigenvalue weighted by molar-refractivity contribution is 7.99. The largest absolute Gasteiger partial charge is 0.511 e. The summed E-state index contributed by atoms with van der Waals surface area (Å²) >= 11 is 25.1. The maximum absolute atomic E-state index is 12.8. The van der Waals surface area contributed by atoms with Crippen molar-refractivity contribution >= 4 is 120 Å². The van der Waals surface area contributed by atoms with E-state index < -0.39 is 67.1 Å². The van der Waals surface area contributed by atoms with Crippen LogP contribution in [0.4, 0.5) is 24.5 Å². The second-order valence-corrected chi connectivity index (χ2v) is 23.6. The number of aryl methyl sites for hydroxylation is 2. The molecule has 2 aromatic heterocycles. The topological polar surface area (TPSA) is 293 Å². The Kier molecular flexibility index (Phi) is 26.5. The number of alkyl halides is 3. The number of halogens is 7. The fraction of sp³-hybridized carbons (Fsp3) is 0.453. The molecule has 0 saturated heterocycles. The number of hydrazone groups is 1. The van der Waals surface area contributed by atoms with Crippen LogP contribution in [0.1, 0.15) is 125 Å². The van der Waals surface area contributed by atoms with Gasteiger partial charge in [0, 0.05) is 48.4 Å². The zero-order valence-electron chi connectivity index (χ0n) is 46.4. The van der Waals surface area contributed by atoms with Gasteiger partial charge < -0.3 is 35.4 Å². The minimum absolute atomic E-state index is 0.00861. The van der Waals surface area contributed by atoms with Crippen LogP contribution in [0.5, 0.6) is 5.88 Å². The van der Waals surface area contributed by atoms with Crippen LogP contribution >= 0.6 is 58.2 Å². The summed E-state index contributed by atoms with van der Waals surface area (Å²) in [7, 11) is -2.75. The summed E-state index contributed by atoms with van der Waals surface area (Å²) in [5.41, 5.74) is 3.72. The first-order valence-electron chi connectivity index (χ1n) is 25.2. The summed E-state index contributed by atoms with van der Waals surface area (Å²) in [5.74, 6) is -2.23. The number of pyridine rings is 1. The number of aromatic carboxylic acids is 1. The minimum Gasteiger partial charge on any atom is -0.511 e. The van der Waals surface area contributed by atoms with E-state index in [2.05, 4.69) is 34.2 Å². The number of aromatic hydroxyl groups is 1. The van der Waals surface area contributed by atoms with Crippen molar-refractivity contribution in [2.75, 3.05) is 42.6 Å². The predicted octanol–water partition coefficient (Wildman–Crippen LogP) is 11.7. The van der Waals surface area contributed by atoms with Crippen molar-refractivity contribution in [1.82, 2.24) is 14.8 Å². The SMILES string of the molecule is CCC/C(=N\OCC)C1=C(O)CC(CC(C)SCC)CC1=O.CCOC(=O)C1=NN(c2ccc(Cl)cc2Cl)C(C)(C(=O)OCC)C1.Cc1nn(C)c(O)c1C(=O)c1ccc(C(F)(F)F)cc1S(C)(=O)=O.Nc1cc(Cl)nc(C(=O)O)c1Cl. The summed E-state index contributed by atoms with van der Waals surface area (Å²) < 4.78 is 73.3. The van der Waals surface area contributed by atoms with Gasteiger partial charge in [-0.3, -0.25) is 9.59 Å². The van der Waals surface area contributed by atoms with Gasteiger partial charge in [-0.2, -0.15) is 35.1 Å². The van der Waals surface area contributed by atoms with Gasteiger partial charge >= 0.3 is 24.1 Å². The van der Waals surface area contributed by atoms with E-state index in [1.54, 1.807) is 39.0 Å². The number of carbonyl (C=O) groups is 5. The summed E-state index contributed by atoms with van der Waals surface area (Å²) in [6.45, 7) is 15.6. The number of nitrogens with two attached hydrogens (primary N) is 1. The van der Waals surface area contributed by atoms with Crippen molar-refractivity contribution in [2.24, 2.45) is 23.2 Å². The molecule has 3 atom stereocenters. The molecule has 0 radical (unpaired) electrons. The van der Waals surface area contributed by atoms with Crippen molar-refractivity contribution < 1.29 is 75.2 Å². The third kappa shape index (κ3) is 18.7. The Balaban J connectivity index is 0.000000294. The number of carbonyl (C=O) groups excluding carboxylic acids is 4. The van der Waals surface area contributed by atoms with E-state index in [1.807, 2.05) is 25.6 Å². The maximum atomic E-state index is 12.8. The number of oxime groups is 1. The molecule has 3 unspecified atom stereocenters. The number of nitrogen functional groups attached to an aromatic ring is 1. The molecule has 450 valence electrons. The van der Waals surface area contributed by atoms with Gasteiger partial charge in [-0.25, -0.2) is 37.5 Å². The van der Waals surface area contributed by atoms with Crippen LogP contribution in [0, 0.1) is 12.8 Å². The highest BCUT2D eigenvalue weighted by Gasteiger charge is 2.49. The average Bonchev–Trinajstić information content (AvgIpc) is 4.01. The van der Waals surface area contributed by atoms with Crippen LogP contribution in [0.15, 0.2) is 68.9 Å². The molecule has 0 saturated carbocycles. The average molecular weight is 1270 g/mol. The first-order valence-corrected chi connectivity index (χ1v) is 29.6. The molecule has 1 aliphatic heterocycles. The molecular formula is C53H64Cl4F3N7O13S2. The van der Waals surface area contributed by atoms with Crippen molar-refractivity contribution in [3.63, 3.8) is 0 Å². The van der Waals surface area contributed by atoms with Gasteiger partial charge in [-0.05, 0) is 102 Å². The van der Waals surface area contributed by atoms with Gasteiger partial charge in [0.15, 0.2) is 26.9 Å². The Morgan fingerprint density at radius 1 is 0.976 bits per heavy atom. The summed E-state index contributed by atoms with van der Waals surface area (Å²) in [5, 5.41) is 43.5. The van der Waals surface area contributed by atoms with Crippen LogP contribution < -0.4 is 10.7 Å². The van der Waals surface area contributed by atoms with E-state index in [-0.39, 0.29) is 75.6 Å². The number of rotatable bonds is 18. The lowest BCUT2D eigenvalue weighted by molar-refractivity contribution is -0.148. The Morgan fingerprint density at radius 2 is 1.62 bits per heavy atom. The maximum Gasteiger partial charge on any atom is 0.416 e. The molecule has 0 spiro atoms. The van der Waals surface area contributed by atoms with E-state index in [4.69, 9.17) is 71.6 Å². The van der Waals surface area contributed by atoms with Crippen LogP contribution in [-0.2, 0) is 51.8 Å². The standard InChI is InChI=1S/C17H29NO3S.C16H18Cl2N2O4.C14H13F3N2O4S.C6H4Cl2N2O2/c1-5-8-14(18-21-6-2)17-15(19)10-13(11-16(17)20)9-12(4)22-7-3;1-4-23-14(21)12-9-16(3,15(22)24-5-2)20(19-12)13-7-6-10(17)8-11(13)18;1-7-11(13(21)19(2)18-7)12(20)9-5-4-8(14(15,16)17)6-10(9)24(3,22)23;7-3-1-2(9)4(8)5(10-3)6(11)12/h12-13,19H,5-11H2,1-4H3;6-8H,4-5,9H2,1-3H3;4-6,21H,1-3H3;1H,(H2,9,10)(H,11,12)/b18-14+;;;. The molecule has 0 amide bonds. The molecule has 1 aliphatic carbocycles. The van der Waals surface area contributed by atoms with Crippen LogP contribution in [0.3, 0.4) is 0 Å². The number of thioether (sulfide) groups is 1. The highest BCUT2D eigenvalue weighted by atomic mass is 35.5. The first kappa shape index (κ1) is 70.1. The van der Waals surface area contributed by atoms with Gasteiger partial charge in [-0.1, -0.05) is 78.8 Å². The number of nitrogens with zero attached hydrogens (tertiary/aromatic N) is 6. The quantitative estimate of drug-likeness (QED) is 0.0237. The van der Waals surface area contributed by atoms with E-state index >= 15 is 0 Å². The molecule has 0 bridgehead atoms. The number of Topliss-reactive ketones (excluding diaryl/α,β-unsaturated/α-hetero) is 1. The van der Waals surface area contributed by atoms with Crippen molar-refractivity contribution in [2.45, 2.75) is 116 Å². The number of aliphatic hydroxyl groups excluding tert-OH is 1. The number of ether oxygens (including phenoxy) is 2. The van der Waals surface area contributed by atoms with Gasteiger partial charge in [0.05, 0.1) is 62.1 Å². The number of esters is 2. The number of anilines is 2. The molecule has 4 aromatic rings. The Bertz CT molecular complexity index is 3220. The number of hydrogen-bond donors (Lipinski definition) is 4. The summed E-state index contributed by atoms with van der Waals surface area (Å²) in [4.78, 5) is 67.9. The number of hydrogen-bond acceptors (Lipinski definition) is 19. The number of allylic oxidation sites excluding steroid dienone is 2. The number of carboxylic acids is 1. The van der Waals surface area contributed by atoms with Crippen LogP contribution in [-0.4, -0.2) is 122 Å².